The molecular weight excluding hydrogens is 365 g/mol. The van der Waals surface area contributed by atoms with Crippen molar-refractivity contribution < 1.29 is 19.7 Å². The number of nitro groups is 2. The Morgan fingerprint density at radius 1 is 0.958 bits per heavy atom. The lowest BCUT2D eigenvalue weighted by atomic mass is 10.1. The Morgan fingerprint density at radius 2 is 1.54 bits per heavy atom. The van der Waals surface area contributed by atoms with E-state index in [4.69, 9.17) is 23.2 Å². The molecule has 0 heterocycles. The molecule has 0 saturated heterocycles. The lowest BCUT2D eigenvalue weighted by Crippen LogP contribution is -2.15. The predicted octanol–water partition coefficient (Wildman–Crippen LogP) is 3.14. The van der Waals surface area contributed by atoms with Gasteiger partial charge in [-0.1, -0.05) is 29.0 Å². The van der Waals surface area contributed by atoms with Crippen LogP contribution >= 0.6 is 23.2 Å². The monoisotopic (exact) mass is 370 g/mol. The minimum absolute atomic E-state index is 0.00528. The summed E-state index contributed by atoms with van der Waals surface area (Å²) >= 11 is 11.4. The van der Waals surface area contributed by atoms with Crippen LogP contribution in [0.15, 0.2) is 30.3 Å². The van der Waals surface area contributed by atoms with E-state index >= 15 is 0 Å². The third-order valence-corrected chi connectivity index (χ3v) is 3.49. The van der Waals surface area contributed by atoms with E-state index in [9.17, 15) is 30.1 Å². The first-order chi connectivity index (χ1) is 11.2. The number of hydrogen-bond donors (Lipinski definition) is 1. The third-order valence-electron chi connectivity index (χ3n) is 2.90. The second-order valence-electron chi connectivity index (χ2n) is 4.44. The van der Waals surface area contributed by atoms with Crippen molar-refractivity contribution in [3.05, 3.63) is 66.2 Å². The Balaban J connectivity index is 2.37. The van der Waals surface area contributed by atoms with Crippen LogP contribution in [0, 0.1) is 20.2 Å². The maximum Gasteiger partial charge on any atom is 0.271 e. The number of nitro benzene ring substituents is 2. The summed E-state index contributed by atoms with van der Waals surface area (Å²) in [7, 11) is 0. The first-order valence-corrected chi connectivity index (χ1v) is 6.86. The molecule has 0 radical (unpaired) electrons. The zero-order valence-electron chi connectivity index (χ0n) is 11.5. The van der Waals surface area contributed by atoms with Gasteiger partial charge in [0.1, 0.15) is 0 Å². The van der Waals surface area contributed by atoms with Crippen LogP contribution < -0.4 is 10.4 Å². The van der Waals surface area contributed by atoms with Crippen LogP contribution in [0.4, 0.5) is 17.1 Å². The predicted molar refractivity (Wildman–Crippen MR) is 83.6 cm³/mol. The topological polar surface area (TPSA) is 138 Å². The number of rotatable bonds is 4. The molecule has 2 aromatic carbocycles. The second-order valence-corrected chi connectivity index (χ2v) is 5.25. The summed E-state index contributed by atoms with van der Waals surface area (Å²) in [6.45, 7) is 0. The van der Waals surface area contributed by atoms with Crippen LogP contribution in [0.1, 0.15) is 10.4 Å². The molecule has 0 bridgehead atoms. The summed E-state index contributed by atoms with van der Waals surface area (Å²) in [5, 5.41) is 34.9. The number of hydrogen-bond acceptors (Lipinski definition) is 6. The molecule has 0 fully saturated rings. The number of non-ortho nitro benzene ring substituents is 2. The summed E-state index contributed by atoms with van der Waals surface area (Å²) in [6.07, 6.45) is 0. The molecule has 0 atom stereocenters. The number of halogens is 2. The molecule has 9 nitrogen and oxygen atoms in total. The van der Waals surface area contributed by atoms with Crippen LogP contribution in [-0.2, 0) is 0 Å². The average Bonchev–Trinajstić information content (AvgIpc) is 2.51. The van der Waals surface area contributed by atoms with Crippen molar-refractivity contribution in [3.63, 3.8) is 0 Å². The van der Waals surface area contributed by atoms with E-state index in [1.54, 1.807) is 0 Å². The van der Waals surface area contributed by atoms with Gasteiger partial charge in [-0.05, 0) is 6.07 Å². The van der Waals surface area contributed by atoms with Gasteiger partial charge in [0.05, 0.1) is 20.6 Å². The maximum atomic E-state index is 12.1. The quantitative estimate of drug-likeness (QED) is 0.647. The van der Waals surface area contributed by atoms with E-state index in [-0.39, 0.29) is 16.4 Å². The lowest BCUT2D eigenvalue weighted by molar-refractivity contribution is -0.385. The lowest BCUT2D eigenvalue weighted by Gasteiger charge is -2.15. The summed E-state index contributed by atoms with van der Waals surface area (Å²) in [5.41, 5.74) is -1.38. The van der Waals surface area contributed by atoms with E-state index in [1.807, 2.05) is 0 Å². The zero-order valence-corrected chi connectivity index (χ0v) is 13.0. The molecule has 124 valence electrons. The normalized spacial score (nSPS) is 10.2. The van der Waals surface area contributed by atoms with Gasteiger partial charge >= 0.3 is 0 Å². The number of benzene rings is 2. The Morgan fingerprint density at radius 3 is 2.08 bits per heavy atom. The van der Waals surface area contributed by atoms with Crippen molar-refractivity contribution in [3.8, 4) is 5.75 Å². The van der Waals surface area contributed by atoms with E-state index in [2.05, 4.69) is 5.32 Å². The highest BCUT2D eigenvalue weighted by molar-refractivity contribution is 6.34. The average molecular weight is 371 g/mol. The van der Waals surface area contributed by atoms with Crippen molar-refractivity contribution in [2.75, 3.05) is 5.32 Å². The highest BCUT2D eigenvalue weighted by Crippen LogP contribution is 2.32. The molecule has 1 N–H and O–H groups in total. The SMILES string of the molecule is O=C(Nc1ccc([N+](=O)[O-])cc1Cl)c1cc([N+](=O)[O-])cc(Cl)c1[O-]. The van der Waals surface area contributed by atoms with E-state index < -0.39 is 37.8 Å². The minimum atomic E-state index is -0.985. The van der Waals surface area contributed by atoms with Gasteiger partial charge in [-0.15, -0.1) is 0 Å². The molecule has 0 aliphatic rings. The molecule has 1 amide bonds. The molecule has 0 spiro atoms. The van der Waals surface area contributed by atoms with Crippen LogP contribution in [0.5, 0.6) is 5.75 Å². The molecule has 11 heteroatoms. The van der Waals surface area contributed by atoms with Gasteiger partial charge in [0.25, 0.3) is 17.3 Å². The molecule has 2 rings (SSSR count). The van der Waals surface area contributed by atoms with Crippen molar-refractivity contribution in [2.45, 2.75) is 0 Å². The Hall–Kier alpha value is -2.91. The molecule has 0 saturated carbocycles. The van der Waals surface area contributed by atoms with Gasteiger partial charge in [-0.25, -0.2) is 0 Å². The Labute approximate surface area is 143 Å². The van der Waals surface area contributed by atoms with E-state index in [0.29, 0.717) is 0 Å². The molecular formula is C13H6Cl2N3O6-. The summed E-state index contributed by atoms with van der Waals surface area (Å²) in [4.78, 5) is 32.1. The van der Waals surface area contributed by atoms with Crippen molar-refractivity contribution in [2.24, 2.45) is 0 Å². The fourth-order valence-corrected chi connectivity index (χ4v) is 2.20. The van der Waals surface area contributed by atoms with Gasteiger partial charge in [-0.3, -0.25) is 25.0 Å². The molecule has 0 aliphatic carbocycles. The van der Waals surface area contributed by atoms with Crippen LogP contribution in [0.25, 0.3) is 0 Å². The zero-order chi connectivity index (χ0) is 18.0. The van der Waals surface area contributed by atoms with Gasteiger partial charge in [0.2, 0.25) is 0 Å². The minimum Gasteiger partial charge on any atom is -0.871 e. The standard InChI is InChI=1S/C13H7Cl2N3O6/c14-9-4-6(17(21)22)1-2-11(9)16-13(20)8-3-7(18(23)24)5-10(15)12(8)19/h1-5,19H,(H,16,20)/p-1. The highest BCUT2D eigenvalue weighted by atomic mass is 35.5. The summed E-state index contributed by atoms with van der Waals surface area (Å²) < 4.78 is 0. The third kappa shape index (κ3) is 3.53. The van der Waals surface area contributed by atoms with E-state index in [1.165, 1.54) is 6.07 Å². The number of nitrogens with zero attached hydrogens (tertiary/aromatic N) is 2. The molecule has 0 aliphatic heterocycles. The Bertz CT molecular complexity index is 871. The van der Waals surface area contributed by atoms with Crippen molar-refractivity contribution in [1.29, 1.82) is 0 Å². The largest absolute Gasteiger partial charge is 0.871 e. The van der Waals surface area contributed by atoms with Crippen molar-refractivity contribution in [1.82, 2.24) is 0 Å². The first kappa shape index (κ1) is 17.4. The van der Waals surface area contributed by atoms with Crippen LogP contribution in [-0.4, -0.2) is 15.8 Å². The number of carbonyl (C=O) groups excluding carboxylic acids is 1. The van der Waals surface area contributed by atoms with Gasteiger partial charge in [-0.2, -0.15) is 0 Å². The van der Waals surface area contributed by atoms with Gasteiger partial charge in [0.15, 0.2) is 0 Å². The van der Waals surface area contributed by atoms with E-state index in [0.717, 1.165) is 24.3 Å². The second kappa shape index (κ2) is 6.69. The Kier molecular flexibility index (Phi) is 4.86. The van der Waals surface area contributed by atoms with Gasteiger partial charge in [0, 0.05) is 34.9 Å². The molecule has 0 aromatic heterocycles. The van der Waals surface area contributed by atoms with Crippen molar-refractivity contribution >= 4 is 46.2 Å². The number of carbonyl (C=O) groups is 1. The highest BCUT2D eigenvalue weighted by Gasteiger charge is 2.18. The maximum absolute atomic E-state index is 12.1. The fourth-order valence-electron chi connectivity index (χ4n) is 1.76. The first-order valence-electron chi connectivity index (χ1n) is 6.11. The number of amides is 1. The fraction of sp³-hybridized carbons (Fsp3) is 0. The van der Waals surface area contributed by atoms with Crippen LogP contribution in [0.2, 0.25) is 10.0 Å². The number of nitrogens with one attached hydrogen (secondary N) is 1. The number of anilines is 1. The smallest absolute Gasteiger partial charge is 0.271 e. The molecule has 0 unspecified atom stereocenters. The molecule has 24 heavy (non-hydrogen) atoms. The summed E-state index contributed by atoms with van der Waals surface area (Å²) in [6, 6.07) is 4.89. The van der Waals surface area contributed by atoms with Crippen LogP contribution in [0.3, 0.4) is 0 Å². The summed E-state index contributed by atoms with van der Waals surface area (Å²) in [5.74, 6) is -1.88. The molecule has 2 aromatic rings. The van der Waals surface area contributed by atoms with Gasteiger partial charge < -0.3 is 10.4 Å².